The minimum Gasteiger partial charge on any atom is -0.319 e. The van der Waals surface area contributed by atoms with Gasteiger partial charge in [0.15, 0.2) is 0 Å². The predicted molar refractivity (Wildman–Crippen MR) is 82.3 cm³/mol. The maximum absolute atomic E-state index is 3.20. The molecule has 1 N–H and O–H groups in total. The molecule has 0 saturated heterocycles. The minimum absolute atomic E-state index is 0.643. The Hall–Kier alpha value is -0.860. The molecule has 0 atom stereocenters. The largest absolute Gasteiger partial charge is 0.319 e. The molecule has 0 amide bonds. The van der Waals surface area contributed by atoms with Gasteiger partial charge in [0.25, 0.3) is 0 Å². The third-order valence-electron chi connectivity index (χ3n) is 3.99. The maximum Gasteiger partial charge on any atom is 0.0236 e. The van der Waals surface area contributed by atoms with Crippen LogP contribution >= 0.6 is 0 Å². The summed E-state index contributed by atoms with van der Waals surface area (Å²) >= 11 is 0. The molecule has 1 saturated carbocycles. The Labute approximate surface area is 118 Å². The lowest BCUT2D eigenvalue weighted by Gasteiger charge is -2.26. The summed E-state index contributed by atoms with van der Waals surface area (Å²) in [5, 5.41) is 3.20. The molecule has 1 aliphatic rings. The van der Waals surface area contributed by atoms with Gasteiger partial charge in [-0.25, -0.2) is 0 Å². The molecule has 2 nitrogen and oxygen atoms in total. The first-order chi connectivity index (χ1) is 9.19. The zero-order valence-electron chi connectivity index (χ0n) is 12.7. The van der Waals surface area contributed by atoms with Crippen LogP contribution in [0.25, 0.3) is 0 Å². The fraction of sp³-hybridized carbons (Fsp3) is 0.647. The average molecular weight is 260 g/mol. The number of nitrogens with one attached hydrogen (secondary N) is 1. The molecule has 0 heterocycles. The topological polar surface area (TPSA) is 15.3 Å². The van der Waals surface area contributed by atoms with Crippen LogP contribution in [0.1, 0.15) is 37.8 Å². The third kappa shape index (κ3) is 4.96. The number of hydrogen-bond acceptors (Lipinski definition) is 2. The molecule has 0 unspecified atom stereocenters. The zero-order chi connectivity index (χ0) is 13.7. The van der Waals surface area contributed by atoms with Crippen molar-refractivity contribution in [1.82, 2.24) is 10.2 Å². The summed E-state index contributed by atoms with van der Waals surface area (Å²) in [6.45, 7) is 8.05. The Morgan fingerprint density at radius 3 is 2.32 bits per heavy atom. The Morgan fingerprint density at radius 1 is 1.16 bits per heavy atom. The van der Waals surface area contributed by atoms with Gasteiger partial charge >= 0.3 is 0 Å². The highest BCUT2D eigenvalue weighted by Gasteiger charge is 2.25. The van der Waals surface area contributed by atoms with Crippen LogP contribution in [0.3, 0.4) is 0 Å². The number of likely N-dealkylation sites (N-methyl/N-ethyl adjacent to an activating group) is 1. The van der Waals surface area contributed by atoms with E-state index in [1.54, 1.807) is 0 Å². The van der Waals surface area contributed by atoms with E-state index in [-0.39, 0.29) is 0 Å². The molecule has 0 radical (unpaired) electrons. The monoisotopic (exact) mass is 260 g/mol. The van der Waals surface area contributed by atoms with Crippen LogP contribution in [0.5, 0.6) is 0 Å². The number of benzene rings is 1. The Morgan fingerprint density at radius 2 is 1.79 bits per heavy atom. The highest BCUT2D eigenvalue weighted by Crippen LogP contribution is 2.30. The molecule has 106 valence electrons. The molecule has 2 rings (SSSR count). The second kappa shape index (κ2) is 7.06. The molecule has 1 aromatic carbocycles. The molecule has 1 aliphatic carbocycles. The van der Waals surface area contributed by atoms with Gasteiger partial charge in [-0.15, -0.1) is 0 Å². The average Bonchev–Trinajstić information content (AvgIpc) is 3.21. The lowest BCUT2D eigenvalue weighted by Crippen LogP contribution is -2.32. The van der Waals surface area contributed by atoms with E-state index in [1.165, 1.54) is 30.5 Å². The SMILES string of the molecule is CNCCc1ccc(CN(CC2CC2)C(C)C)cc1. The molecule has 19 heavy (non-hydrogen) atoms. The second-order valence-electron chi connectivity index (χ2n) is 6.14. The lowest BCUT2D eigenvalue weighted by molar-refractivity contribution is 0.204. The van der Waals surface area contributed by atoms with Crippen molar-refractivity contribution >= 4 is 0 Å². The quantitative estimate of drug-likeness (QED) is 0.773. The van der Waals surface area contributed by atoms with E-state index in [9.17, 15) is 0 Å². The molecule has 1 fully saturated rings. The van der Waals surface area contributed by atoms with Crippen LogP contribution in [0.4, 0.5) is 0 Å². The van der Waals surface area contributed by atoms with Crippen molar-refractivity contribution in [3.05, 3.63) is 35.4 Å². The summed E-state index contributed by atoms with van der Waals surface area (Å²) in [4.78, 5) is 2.61. The fourth-order valence-electron chi connectivity index (χ4n) is 2.41. The molecule has 1 aromatic rings. The standard InChI is InChI=1S/C17H28N2/c1-14(2)19(13-17-8-9-17)12-16-6-4-15(5-7-16)10-11-18-3/h4-7,14,17-18H,8-13H2,1-3H3. The van der Waals surface area contributed by atoms with Gasteiger partial charge in [-0.3, -0.25) is 4.90 Å². The van der Waals surface area contributed by atoms with Crippen LogP contribution in [0.2, 0.25) is 0 Å². The van der Waals surface area contributed by atoms with E-state index in [4.69, 9.17) is 0 Å². The molecule has 2 heteroatoms. The molecule has 0 spiro atoms. The molecule has 0 aromatic heterocycles. The number of nitrogens with zero attached hydrogens (tertiary/aromatic N) is 1. The number of rotatable bonds is 8. The maximum atomic E-state index is 3.20. The Bertz CT molecular complexity index is 365. The van der Waals surface area contributed by atoms with Gasteiger partial charge in [0.05, 0.1) is 0 Å². The molecule has 0 bridgehead atoms. The van der Waals surface area contributed by atoms with E-state index >= 15 is 0 Å². The van der Waals surface area contributed by atoms with Crippen molar-refractivity contribution in [2.45, 2.75) is 45.7 Å². The van der Waals surface area contributed by atoms with Gasteiger partial charge in [-0.05, 0) is 63.7 Å². The van der Waals surface area contributed by atoms with Crippen LogP contribution in [0, 0.1) is 5.92 Å². The third-order valence-corrected chi connectivity index (χ3v) is 3.99. The van der Waals surface area contributed by atoms with Crippen LogP contribution < -0.4 is 5.32 Å². The summed E-state index contributed by atoms with van der Waals surface area (Å²) < 4.78 is 0. The first-order valence-corrected chi connectivity index (χ1v) is 7.65. The van der Waals surface area contributed by atoms with Gasteiger partial charge in [-0.1, -0.05) is 24.3 Å². The summed E-state index contributed by atoms with van der Waals surface area (Å²) in [7, 11) is 2.01. The highest BCUT2D eigenvalue weighted by atomic mass is 15.1. The zero-order valence-corrected chi connectivity index (χ0v) is 12.7. The van der Waals surface area contributed by atoms with E-state index in [1.807, 2.05) is 7.05 Å². The summed E-state index contributed by atoms with van der Waals surface area (Å²) in [6, 6.07) is 9.80. The van der Waals surface area contributed by atoms with E-state index < -0.39 is 0 Å². The van der Waals surface area contributed by atoms with Gasteiger partial charge in [0, 0.05) is 19.1 Å². The first kappa shape index (κ1) is 14.5. The van der Waals surface area contributed by atoms with Crippen molar-refractivity contribution in [1.29, 1.82) is 0 Å². The highest BCUT2D eigenvalue weighted by molar-refractivity contribution is 5.22. The molecular formula is C17H28N2. The Kier molecular flexibility index (Phi) is 5.41. The summed E-state index contributed by atoms with van der Waals surface area (Å²) in [6.07, 6.45) is 3.99. The lowest BCUT2D eigenvalue weighted by atomic mass is 10.1. The van der Waals surface area contributed by atoms with Crippen molar-refractivity contribution < 1.29 is 0 Å². The molecular weight excluding hydrogens is 232 g/mol. The van der Waals surface area contributed by atoms with Crippen LogP contribution in [-0.2, 0) is 13.0 Å². The normalized spacial score (nSPS) is 15.4. The summed E-state index contributed by atoms with van der Waals surface area (Å²) in [5.41, 5.74) is 2.87. The fourth-order valence-corrected chi connectivity index (χ4v) is 2.41. The summed E-state index contributed by atoms with van der Waals surface area (Å²) in [5.74, 6) is 0.970. The van der Waals surface area contributed by atoms with Gasteiger partial charge in [0.1, 0.15) is 0 Å². The molecule has 0 aliphatic heterocycles. The van der Waals surface area contributed by atoms with Crippen molar-refractivity contribution in [3.8, 4) is 0 Å². The van der Waals surface area contributed by atoms with Crippen molar-refractivity contribution in [2.24, 2.45) is 5.92 Å². The minimum atomic E-state index is 0.643. The van der Waals surface area contributed by atoms with Crippen LogP contribution in [0.15, 0.2) is 24.3 Å². The van der Waals surface area contributed by atoms with Gasteiger partial charge in [-0.2, -0.15) is 0 Å². The number of hydrogen-bond donors (Lipinski definition) is 1. The van der Waals surface area contributed by atoms with Crippen molar-refractivity contribution in [3.63, 3.8) is 0 Å². The first-order valence-electron chi connectivity index (χ1n) is 7.65. The predicted octanol–water partition coefficient (Wildman–Crippen LogP) is 3.07. The van der Waals surface area contributed by atoms with Gasteiger partial charge < -0.3 is 5.32 Å². The van der Waals surface area contributed by atoms with E-state index in [0.29, 0.717) is 6.04 Å². The van der Waals surface area contributed by atoms with E-state index in [0.717, 1.165) is 25.4 Å². The second-order valence-corrected chi connectivity index (χ2v) is 6.14. The smallest absolute Gasteiger partial charge is 0.0236 e. The van der Waals surface area contributed by atoms with E-state index in [2.05, 4.69) is 48.3 Å². The van der Waals surface area contributed by atoms with Gasteiger partial charge in [0.2, 0.25) is 0 Å². The van der Waals surface area contributed by atoms with Crippen LogP contribution in [-0.4, -0.2) is 31.1 Å². The van der Waals surface area contributed by atoms with Crippen molar-refractivity contribution in [2.75, 3.05) is 20.1 Å². The Balaban J connectivity index is 1.88.